The van der Waals surface area contributed by atoms with Crippen LogP contribution in [0.4, 0.5) is 27.5 Å². The van der Waals surface area contributed by atoms with Crippen molar-refractivity contribution in [1.29, 1.82) is 0 Å². The highest BCUT2D eigenvalue weighted by Gasteiger charge is 2.26. The SMILES string of the molecule is CCN1C(=O)c2ccccc2Sc2cc(NC(=O)Nc3ccc([N+](=O)[O-])cc3)ccc21. The highest BCUT2D eigenvalue weighted by Crippen LogP contribution is 2.42. The Bertz CT molecular complexity index is 1180. The minimum Gasteiger partial charge on any atom is -0.308 e. The summed E-state index contributed by atoms with van der Waals surface area (Å²) in [4.78, 5) is 39.0. The molecule has 0 aromatic heterocycles. The van der Waals surface area contributed by atoms with Crippen molar-refractivity contribution in [3.8, 4) is 0 Å². The van der Waals surface area contributed by atoms with Gasteiger partial charge in [0.25, 0.3) is 11.6 Å². The molecule has 3 aromatic rings. The number of carbonyl (C=O) groups excluding carboxylic acids is 2. The van der Waals surface area contributed by atoms with Gasteiger partial charge in [-0.2, -0.15) is 0 Å². The Morgan fingerprint density at radius 2 is 1.68 bits per heavy atom. The molecule has 0 unspecified atom stereocenters. The van der Waals surface area contributed by atoms with E-state index >= 15 is 0 Å². The number of nitro benzene ring substituents is 1. The van der Waals surface area contributed by atoms with Gasteiger partial charge in [-0.05, 0) is 49.4 Å². The van der Waals surface area contributed by atoms with Crippen LogP contribution in [0.15, 0.2) is 76.5 Å². The van der Waals surface area contributed by atoms with Crippen LogP contribution in [0.5, 0.6) is 0 Å². The largest absolute Gasteiger partial charge is 0.323 e. The molecule has 156 valence electrons. The van der Waals surface area contributed by atoms with E-state index in [9.17, 15) is 19.7 Å². The molecule has 0 saturated heterocycles. The molecule has 1 heterocycles. The van der Waals surface area contributed by atoms with Gasteiger partial charge in [0, 0.05) is 39.8 Å². The number of nitro groups is 1. The van der Waals surface area contributed by atoms with E-state index in [2.05, 4.69) is 10.6 Å². The van der Waals surface area contributed by atoms with E-state index in [4.69, 9.17) is 0 Å². The van der Waals surface area contributed by atoms with Crippen molar-refractivity contribution in [2.75, 3.05) is 22.1 Å². The van der Waals surface area contributed by atoms with Gasteiger partial charge in [0.05, 0.1) is 16.2 Å². The molecular weight excluding hydrogens is 416 g/mol. The molecule has 0 atom stereocenters. The lowest BCUT2D eigenvalue weighted by Gasteiger charge is -2.21. The molecule has 3 amide bonds. The molecule has 4 rings (SSSR count). The minimum atomic E-state index is -0.500. The zero-order chi connectivity index (χ0) is 22.0. The summed E-state index contributed by atoms with van der Waals surface area (Å²) >= 11 is 1.48. The standard InChI is InChI=1S/C22H18N4O4S/c1-2-25-18-12-9-15(13-20(18)31-19-6-4-3-5-17(19)21(25)27)24-22(28)23-14-7-10-16(11-8-14)26(29)30/h3-13H,2H2,1H3,(H2,23,24,28). The zero-order valence-corrected chi connectivity index (χ0v) is 17.3. The summed E-state index contributed by atoms with van der Waals surface area (Å²) in [5, 5.41) is 16.2. The summed E-state index contributed by atoms with van der Waals surface area (Å²) in [5.74, 6) is -0.0547. The number of fused-ring (bicyclic) bond motifs is 2. The van der Waals surface area contributed by atoms with Gasteiger partial charge in [0.15, 0.2) is 0 Å². The summed E-state index contributed by atoms with van der Waals surface area (Å²) in [6.07, 6.45) is 0. The Morgan fingerprint density at radius 3 is 2.39 bits per heavy atom. The van der Waals surface area contributed by atoms with Gasteiger partial charge in [-0.1, -0.05) is 23.9 Å². The first kappa shape index (κ1) is 20.4. The predicted octanol–water partition coefficient (Wildman–Crippen LogP) is 5.37. The maximum Gasteiger partial charge on any atom is 0.323 e. The fourth-order valence-electron chi connectivity index (χ4n) is 3.28. The molecule has 0 fully saturated rings. The molecule has 3 aromatic carbocycles. The maximum absolute atomic E-state index is 13.0. The van der Waals surface area contributed by atoms with Crippen LogP contribution in [0, 0.1) is 10.1 Å². The fourth-order valence-corrected chi connectivity index (χ4v) is 4.39. The van der Waals surface area contributed by atoms with Gasteiger partial charge in [-0.15, -0.1) is 0 Å². The third-order valence-corrected chi connectivity index (χ3v) is 5.87. The molecule has 1 aliphatic heterocycles. The number of hydrogen-bond donors (Lipinski definition) is 2. The van der Waals surface area contributed by atoms with E-state index in [-0.39, 0.29) is 11.6 Å². The first-order valence-corrected chi connectivity index (χ1v) is 10.3. The molecular formula is C22H18N4O4S. The Balaban J connectivity index is 1.55. The van der Waals surface area contributed by atoms with Gasteiger partial charge in [-0.25, -0.2) is 4.79 Å². The third-order valence-electron chi connectivity index (χ3n) is 4.74. The van der Waals surface area contributed by atoms with Crippen molar-refractivity contribution in [3.05, 3.63) is 82.4 Å². The van der Waals surface area contributed by atoms with Crippen molar-refractivity contribution < 1.29 is 14.5 Å². The molecule has 8 nitrogen and oxygen atoms in total. The summed E-state index contributed by atoms with van der Waals surface area (Å²) in [6.45, 7) is 2.44. The lowest BCUT2D eigenvalue weighted by atomic mass is 10.1. The van der Waals surface area contributed by atoms with Crippen molar-refractivity contribution >= 4 is 46.4 Å². The Hall–Kier alpha value is -3.85. The molecule has 0 radical (unpaired) electrons. The number of carbonyl (C=O) groups is 2. The van der Waals surface area contributed by atoms with Crippen molar-refractivity contribution in [1.82, 2.24) is 0 Å². The van der Waals surface area contributed by atoms with E-state index in [1.165, 1.54) is 36.0 Å². The Labute approximate surface area is 182 Å². The zero-order valence-electron chi connectivity index (χ0n) is 16.5. The molecule has 0 saturated carbocycles. The van der Waals surface area contributed by atoms with Crippen LogP contribution >= 0.6 is 11.8 Å². The van der Waals surface area contributed by atoms with Crippen LogP contribution in [0.2, 0.25) is 0 Å². The average molecular weight is 434 g/mol. The van der Waals surface area contributed by atoms with Crippen LogP contribution in [0.3, 0.4) is 0 Å². The molecule has 0 aliphatic carbocycles. The van der Waals surface area contributed by atoms with E-state index in [0.717, 1.165) is 15.5 Å². The quantitative estimate of drug-likeness (QED) is 0.424. The number of non-ortho nitro benzene ring substituents is 1. The topological polar surface area (TPSA) is 105 Å². The van der Waals surface area contributed by atoms with E-state index in [1.807, 2.05) is 43.3 Å². The molecule has 31 heavy (non-hydrogen) atoms. The van der Waals surface area contributed by atoms with Crippen molar-refractivity contribution in [3.63, 3.8) is 0 Å². The van der Waals surface area contributed by atoms with Crippen LogP contribution in [-0.4, -0.2) is 23.4 Å². The highest BCUT2D eigenvalue weighted by molar-refractivity contribution is 7.99. The smallest absolute Gasteiger partial charge is 0.308 e. The Kier molecular flexibility index (Phi) is 5.59. The summed E-state index contributed by atoms with van der Waals surface area (Å²) in [7, 11) is 0. The summed E-state index contributed by atoms with van der Waals surface area (Å²) in [6, 6.07) is 17.9. The second kappa shape index (κ2) is 8.49. The second-order valence-electron chi connectivity index (χ2n) is 6.71. The predicted molar refractivity (Wildman–Crippen MR) is 120 cm³/mol. The summed E-state index contributed by atoms with van der Waals surface area (Å²) < 4.78 is 0. The Morgan fingerprint density at radius 1 is 1.00 bits per heavy atom. The van der Waals surface area contributed by atoms with E-state index < -0.39 is 11.0 Å². The van der Waals surface area contributed by atoms with Gasteiger partial charge >= 0.3 is 6.03 Å². The highest BCUT2D eigenvalue weighted by atomic mass is 32.2. The number of nitrogens with one attached hydrogen (secondary N) is 2. The second-order valence-corrected chi connectivity index (χ2v) is 7.80. The van der Waals surface area contributed by atoms with Crippen LogP contribution in [0.25, 0.3) is 0 Å². The lowest BCUT2D eigenvalue weighted by Crippen LogP contribution is -2.30. The first-order chi connectivity index (χ1) is 15.0. The number of amides is 3. The van der Waals surface area contributed by atoms with E-state index in [0.29, 0.717) is 23.5 Å². The van der Waals surface area contributed by atoms with Gasteiger partial charge in [0.1, 0.15) is 0 Å². The number of benzene rings is 3. The van der Waals surface area contributed by atoms with Crippen LogP contribution < -0.4 is 15.5 Å². The third kappa shape index (κ3) is 4.22. The minimum absolute atomic E-state index is 0.0518. The van der Waals surface area contributed by atoms with Crippen LogP contribution in [-0.2, 0) is 0 Å². The van der Waals surface area contributed by atoms with Gasteiger partial charge in [0.2, 0.25) is 0 Å². The average Bonchev–Trinajstić information content (AvgIpc) is 2.87. The lowest BCUT2D eigenvalue weighted by molar-refractivity contribution is -0.384. The van der Waals surface area contributed by atoms with Crippen LogP contribution in [0.1, 0.15) is 17.3 Å². The number of hydrogen-bond acceptors (Lipinski definition) is 5. The van der Waals surface area contributed by atoms with Crippen molar-refractivity contribution in [2.24, 2.45) is 0 Å². The summed E-state index contributed by atoms with van der Waals surface area (Å²) in [5.41, 5.74) is 2.38. The number of nitrogens with zero attached hydrogens (tertiary/aromatic N) is 2. The maximum atomic E-state index is 13.0. The van der Waals surface area contributed by atoms with Gasteiger partial charge in [-0.3, -0.25) is 14.9 Å². The molecule has 0 spiro atoms. The monoisotopic (exact) mass is 434 g/mol. The molecule has 2 N–H and O–H groups in total. The molecule has 9 heteroatoms. The molecule has 0 bridgehead atoms. The number of urea groups is 1. The van der Waals surface area contributed by atoms with Crippen molar-refractivity contribution in [2.45, 2.75) is 16.7 Å². The van der Waals surface area contributed by atoms with E-state index in [1.54, 1.807) is 11.0 Å². The van der Waals surface area contributed by atoms with Gasteiger partial charge < -0.3 is 15.5 Å². The molecule has 1 aliphatic rings. The normalized spacial score (nSPS) is 12.4. The fraction of sp³-hybridized carbons (Fsp3) is 0.0909. The number of anilines is 3. The first-order valence-electron chi connectivity index (χ1n) is 9.51. The number of rotatable bonds is 4.